The Morgan fingerprint density at radius 3 is 1.77 bits per heavy atom. The van der Waals surface area contributed by atoms with Gasteiger partial charge in [-0.05, 0) is 0 Å². The van der Waals surface area contributed by atoms with Crippen LogP contribution >= 0.6 is 0 Å². The van der Waals surface area contributed by atoms with Crippen molar-refractivity contribution in [2.24, 2.45) is 0 Å². The first-order valence-electron chi connectivity index (χ1n) is 4.78. The minimum atomic E-state index is 0.129. The van der Waals surface area contributed by atoms with E-state index < -0.39 is 0 Å². The summed E-state index contributed by atoms with van der Waals surface area (Å²) in [6.07, 6.45) is 0. The summed E-state index contributed by atoms with van der Waals surface area (Å²) in [5, 5.41) is 17.2. The lowest BCUT2D eigenvalue weighted by Crippen LogP contribution is -2.32. The Balaban J connectivity index is 0. The van der Waals surface area contributed by atoms with Crippen LogP contribution in [-0.4, -0.2) is 61.7 Å². The molecule has 0 aromatic heterocycles. The van der Waals surface area contributed by atoms with Crippen molar-refractivity contribution in [1.29, 1.82) is 0 Å². The Labute approximate surface area is 81.1 Å². The highest BCUT2D eigenvalue weighted by Gasteiger charge is 2.01. The third-order valence-electron chi connectivity index (χ3n) is 1.44. The summed E-state index contributed by atoms with van der Waals surface area (Å²) in [5.41, 5.74) is 0. The Kier molecular flexibility index (Phi) is 16.9. The lowest BCUT2D eigenvalue weighted by atomic mass is 10.4. The van der Waals surface area contributed by atoms with Gasteiger partial charge in [-0.15, -0.1) is 0 Å². The van der Waals surface area contributed by atoms with Crippen molar-refractivity contribution in [2.75, 3.05) is 46.6 Å². The molecule has 0 bridgehead atoms. The maximum absolute atomic E-state index is 8.60. The number of methoxy groups -OCH3 is 1. The van der Waals surface area contributed by atoms with Gasteiger partial charge in [0.1, 0.15) is 0 Å². The van der Waals surface area contributed by atoms with Crippen molar-refractivity contribution < 1.29 is 14.9 Å². The maximum Gasteiger partial charge on any atom is 0.0589 e. The molecule has 4 nitrogen and oxygen atoms in total. The number of nitrogens with zero attached hydrogens (tertiary/aromatic N) is 1. The summed E-state index contributed by atoms with van der Waals surface area (Å²) >= 11 is 0. The molecule has 13 heavy (non-hydrogen) atoms. The van der Waals surface area contributed by atoms with E-state index in [1.807, 2.05) is 18.7 Å². The highest BCUT2D eigenvalue weighted by molar-refractivity contribution is 4.54. The molecule has 0 atom stereocenters. The Bertz CT molecular complexity index is 75.3. The van der Waals surface area contributed by atoms with Crippen LogP contribution < -0.4 is 0 Å². The van der Waals surface area contributed by atoms with E-state index in [2.05, 4.69) is 0 Å². The Hall–Kier alpha value is -0.160. The first-order chi connectivity index (χ1) is 6.35. The number of ether oxygens (including phenoxy) is 1. The predicted molar refractivity (Wildman–Crippen MR) is 53.8 cm³/mol. The molecule has 2 N–H and O–H groups in total. The number of hydrogen-bond donors (Lipinski definition) is 2. The molecule has 0 spiro atoms. The fourth-order valence-corrected chi connectivity index (χ4v) is 0.839. The van der Waals surface area contributed by atoms with Crippen molar-refractivity contribution in [3.63, 3.8) is 0 Å². The van der Waals surface area contributed by atoms with Gasteiger partial charge in [-0.3, -0.25) is 4.90 Å². The van der Waals surface area contributed by atoms with E-state index in [1.165, 1.54) is 0 Å². The topological polar surface area (TPSA) is 52.9 Å². The minimum Gasteiger partial charge on any atom is -0.395 e. The van der Waals surface area contributed by atoms with E-state index >= 15 is 0 Å². The number of hydrogen-bond acceptors (Lipinski definition) is 4. The monoisotopic (exact) mass is 193 g/mol. The van der Waals surface area contributed by atoms with Gasteiger partial charge in [-0.2, -0.15) is 0 Å². The molecule has 0 aliphatic rings. The van der Waals surface area contributed by atoms with E-state index in [4.69, 9.17) is 14.9 Å². The van der Waals surface area contributed by atoms with Gasteiger partial charge >= 0.3 is 0 Å². The lowest BCUT2D eigenvalue weighted by molar-refractivity contribution is 0.115. The molecule has 82 valence electrons. The highest BCUT2D eigenvalue weighted by Crippen LogP contribution is 1.85. The predicted octanol–water partition coefficient (Wildman–Crippen LogP) is -0.0544. The van der Waals surface area contributed by atoms with Crippen molar-refractivity contribution in [3.8, 4) is 0 Å². The zero-order valence-electron chi connectivity index (χ0n) is 8.99. The minimum absolute atomic E-state index is 0.129. The molecular weight excluding hydrogens is 170 g/mol. The number of aliphatic hydroxyl groups is 2. The molecule has 0 saturated heterocycles. The second-order valence-corrected chi connectivity index (χ2v) is 2.28. The molecule has 0 rings (SSSR count). The SMILES string of the molecule is CC.COCCN(CCO)CCO. The average molecular weight is 193 g/mol. The third kappa shape index (κ3) is 11.8. The van der Waals surface area contributed by atoms with Crippen molar-refractivity contribution in [1.82, 2.24) is 4.90 Å². The summed E-state index contributed by atoms with van der Waals surface area (Å²) in [5.74, 6) is 0. The zero-order valence-corrected chi connectivity index (χ0v) is 8.99. The molecule has 0 aromatic rings. The largest absolute Gasteiger partial charge is 0.395 e. The summed E-state index contributed by atoms with van der Waals surface area (Å²) in [4.78, 5) is 1.95. The van der Waals surface area contributed by atoms with E-state index in [1.54, 1.807) is 7.11 Å². The molecule has 0 radical (unpaired) electrons. The van der Waals surface area contributed by atoms with Gasteiger partial charge in [0.15, 0.2) is 0 Å². The van der Waals surface area contributed by atoms with Crippen LogP contribution in [0.1, 0.15) is 13.8 Å². The fraction of sp³-hybridized carbons (Fsp3) is 1.00. The quantitative estimate of drug-likeness (QED) is 0.595. The molecule has 0 aromatic carbocycles. The van der Waals surface area contributed by atoms with Gasteiger partial charge in [-0.25, -0.2) is 0 Å². The average Bonchev–Trinajstić information content (AvgIpc) is 2.18. The van der Waals surface area contributed by atoms with Crippen molar-refractivity contribution in [2.45, 2.75) is 13.8 Å². The smallest absolute Gasteiger partial charge is 0.0589 e. The summed E-state index contributed by atoms with van der Waals surface area (Å²) in [6, 6.07) is 0. The summed E-state index contributed by atoms with van der Waals surface area (Å²) in [7, 11) is 1.63. The lowest BCUT2D eigenvalue weighted by Gasteiger charge is -2.18. The third-order valence-corrected chi connectivity index (χ3v) is 1.44. The van der Waals surface area contributed by atoms with E-state index in [-0.39, 0.29) is 13.2 Å². The van der Waals surface area contributed by atoms with Gasteiger partial charge in [0.05, 0.1) is 19.8 Å². The first kappa shape index (κ1) is 15.3. The van der Waals surface area contributed by atoms with Gasteiger partial charge in [0.2, 0.25) is 0 Å². The van der Waals surface area contributed by atoms with Crippen LogP contribution in [0.2, 0.25) is 0 Å². The molecule has 0 aliphatic carbocycles. The van der Waals surface area contributed by atoms with E-state index in [0.29, 0.717) is 19.7 Å². The molecule has 4 heteroatoms. The zero-order chi connectivity index (χ0) is 10.5. The van der Waals surface area contributed by atoms with Crippen molar-refractivity contribution >= 4 is 0 Å². The molecule has 0 fully saturated rings. The fourth-order valence-electron chi connectivity index (χ4n) is 0.839. The van der Waals surface area contributed by atoms with Gasteiger partial charge < -0.3 is 14.9 Å². The molecule has 0 heterocycles. The van der Waals surface area contributed by atoms with Crippen LogP contribution in [0.15, 0.2) is 0 Å². The van der Waals surface area contributed by atoms with Gasteiger partial charge in [0, 0.05) is 26.7 Å². The van der Waals surface area contributed by atoms with Crippen LogP contribution in [0.4, 0.5) is 0 Å². The van der Waals surface area contributed by atoms with Crippen molar-refractivity contribution in [3.05, 3.63) is 0 Å². The molecule has 0 unspecified atom stereocenters. The summed E-state index contributed by atoms with van der Waals surface area (Å²) in [6.45, 7) is 6.86. The number of rotatable bonds is 7. The van der Waals surface area contributed by atoms with Crippen LogP contribution in [-0.2, 0) is 4.74 Å². The van der Waals surface area contributed by atoms with Gasteiger partial charge in [-0.1, -0.05) is 13.8 Å². The normalized spacial score (nSPS) is 9.69. The second-order valence-electron chi connectivity index (χ2n) is 2.28. The Morgan fingerprint density at radius 2 is 1.46 bits per heavy atom. The van der Waals surface area contributed by atoms with Crippen LogP contribution in [0, 0.1) is 0 Å². The second kappa shape index (κ2) is 14.4. The van der Waals surface area contributed by atoms with Gasteiger partial charge in [0.25, 0.3) is 0 Å². The molecular formula is C9H23NO3. The molecule has 0 amide bonds. The first-order valence-corrected chi connectivity index (χ1v) is 4.78. The number of aliphatic hydroxyl groups excluding tert-OH is 2. The molecule has 0 aliphatic heterocycles. The van der Waals surface area contributed by atoms with Crippen LogP contribution in [0.3, 0.4) is 0 Å². The maximum atomic E-state index is 8.60. The molecule has 0 saturated carbocycles. The Morgan fingerprint density at radius 1 is 1.00 bits per heavy atom. The summed E-state index contributed by atoms with van der Waals surface area (Å²) < 4.78 is 4.86. The highest BCUT2D eigenvalue weighted by atomic mass is 16.5. The standard InChI is InChI=1S/C7H17NO3.C2H6/c1-11-7-4-8(2-5-9)3-6-10;1-2/h9-10H,2-7H2,1H3;1-2H3. The van der Waals surface area contributed by atoms with Crippen LogP contribution in [0.25, 0.3) is 0 Å². The van der Waals surface area contributed by atoms with Crippen LogP contribution in [0.5, 0.6) is 0 Å². The van der Waals surface area contributed by atoms with E-state index in [0.717, 1.165) is 6.54 Å². The van der Waals surface area contributed by atoms with E-state index in [9.17, 15) is 0 Å².